The summed E-state index contributed by atoms with van der Waals surface area (Å²) in [6.45, 7) is 7.52. The number of aryl methyl sites for hydroxylation is 1. The van der Waals surface area contributed by atoms with Gasteiger partial charge < -0.3 is 9.15 Å². The maximum absolute atomic E-state index is 12.8. The van der Waals surface area contributed by atoms with Gasteiger partial charge in [0.05, 0.1) is 18.4 Å². The summed E-state index contributed by atoms with van der Waals surface area (Å²) in [7, 11) is 0. The van der Waals surface area contributed by atoms with Crippen LogP contribution in [0.15, 0.2) is 52.2 Å². The first-order valence-corrected chi connectivity index (χ1v) is 9.38. The minimum Gasteiger partial charge on any atom is -0.467 e. The molecular weight excluding hydrogens is 356 g/mol. The Kier molecular flexibility index (Phi) is 5.68. The Hall–Kier alpha value is -2.89. The molecule has 1 amide bonds. The number of carbonyl (C=O) groups is 2. The van der Waals surface area contributed by atoms with Gasteiger partial charge in [-0.3, -0.25) is 9.59 Å². The van der Waals surface area contributed by atoms with Crippen LogP contribution in [0.5, 0.6) is 0 Å². The normalized spacial score (nSPS) is 16.8. The van der Waals surface area contributed by atoms with E-state index in [2.05, 4.69) is 5.10 Å². The van der Waals surface area contributed by atoms with Crippen molar-refractivity contribution in [1.29, 1.82) is 0 Å². The molecule has 1 aromatic carbocycles. The van der Waals surface area contributed by atoms with Crippen LogP contribution in [0.25, 0.3) is 0 Å². The molecule has 28 heavy (non-hydrogen) atoms. The highest BCUT2D eigenvalue weighted by Gasteiger charge is 2.35. The van der Waals surface area contributed by atoms with Crippen molar-refractivity contribution >= 4 is 17.6 Å². The zero-order chi connectivity index (χ0) is 20.3. The van der Waals surface area contributed by atoms with Gasteiger partial charge in [-0.05, 0) is 30.0 Å². The van der Waals surface area contributed by atoms with Crippen molar-refractivity contribution in [2.75, 3.05) is 6.61 Å². The second-order valence-corrected chi connectivity index (χ2v) is 8.28. The molecule has 0 saturated heterocycles. The van der Waals surface area contributed by atoms with Crippen LogP contribution in [0.1, 0.15) is 56.5 Å². The molecule has 2 heterocycles. The van der Waals surface area contributed by atoms with Crippen molar-refractivity contribution in [3.8, 4) is 0 Å². The number of rotatable bonds is 5. The predicted octanol–water partition coefficient (Wildman–Crippen LogP) is 4.25. The molecule has 0 N–H and O–H groups in total. The van der Waals surface area contributed by atoms with E-state index in [-0.39, 0.29) is 30.4 Å². The topological polar surface area (TPSA) is 72.1 Å². The molecule has 0 aliphatic carbocycles. The molecule has 0 radical (unpaired) electrons. The molecule has 0 spiro atoms. The third kappa shape index (κ3) is 4.88. The Bertz CT molecular complexity index is 861. The summed E-state index contributed by atoms with van der Waals surface area (Å²) < 4.78 is 10.7. The van der Waals surface area contributed by atoms with Crippen LogP contribution in [-0.4, -0.2) is 29.2 Å². The fourth-order valence-electron chi connectivity index (χ4n) is 3.06. The zero-order valence-corrected chi connectivity index (χ0v) is 16.8. The number of hydrogen-bond donors (Lipinski definition) is 0. The molecule has 1 aliphatic heterocycles. The molecule has 1 aromatic heterocycles. The number of amides is 1. The van der Waals surface area contributed by atoms with Gasteiger partial charge in [-0.2, -0.15) is 5.10 Å². The average molecular weight is 382 g/mol. The highest BCUT2D eigenvalue weighted by molar-refractivity contribution is 6.03. The van der Waals surface area contributed by atoms with Gasteiger partial charge in [-0.1, -0.05) is 50.6 Å². The van der Waals surface area contributed by atoms with Crippen molar-refractivity contribution in [1.82, 2.24) is 5.01 Å². The molecule has 6 heteroatoms. The van der Waals surface area contributed by atoms with E-state index in [1.165, 1.54) is 5.01 Å². The monoisotopic (exact) mass is 382 g/mol. The summed E-state index contributed by atoms with van der Waals surface area (Å²) >= 11 is 0. The smallest absolute Gasteiger partial charge is 0.306 e. The molecule has 6 nitrogen and oxygen atoms in total. The lowest BCUT2D eigenvalue weighted by Crippen LogP contribution is -2.31. The van der Waals surface area contributed by atoms with Crippen LogP contribution in [0.2, 0.25) is 0 Å². The fourth-order valence-corrected chi connectivity index (χ4v) is 3.06. The molecule has 0 fully saturated rings. The van der Waals surface area contributed by atoms with Crippen molar-refractivity contribution in [2.24, 2.45) is 10.5 Å². The van der Waals surface area contributed by atoms with Gasteiger partial charge in [0.1, 0.15) is 11.8 Å². The molecule has 1 atom stereocenters. The van der Waals surface area contributed by atoms with E-state index in [1.54, 1.807) is 12.3 Å². The highest BCUT2D eigenvalue weighted by atomic mass is 16.5. The standard InChI is InChI=1S/C22H26N2O4/c1-15-7-9-16(10-8-15)17-12-18(19-6-5-11-27-19)24(23-17)20(25)14-28-21(26)13-22(2,3)4/h5-11,18H,12-14H2,1-4H3/t18-/m0/s1. The third-order valence-electron chi connectivity index (χ3n) is 4.45. The number of ether oxygens (including phenoxy) is 1. The molecule has 148 valence electrons. The van der Waals surface area contributed by atoms with Crippen LogP contribution in [0.4, 0.5) is 0 Å². The summed E-state index contributed by atoms with van der Waals surface area (Å²) in [5, 5.41) is 5.90. The minimum atomic E-state index is -0.391. The van der Waals surface area contributed by atoms with Gasteiger partial charge in [-0.25, -0.2) is 5.01 Å². The molecule has 0 unspecified atom stereocenters. The van der Waals surface area contributed by atoms with E-state index in [4.69, 9.17) is 9.15 Å². The molecule has 0 saturated carbocycles. The Morgan fingerprint density at radius 1 is 1.21 bits per heavy atom. The third-order valence-corrected chi connectivity index (χ3v) is 4.45. The van der Waals surface area contributed by atoms with Gasteiger partial charge in [0, 0.05) is 6.42 Å². The summed E-state index contributed by atoms with van der Waals surface area (Å²) in [6, 6.07) is 11.3. The minimum absolute atomic E-state index is 0.193. The van der Waals surface area contributed by atoms with E-state index in [0.717, 1.165) is 16.8 Å². The average Bonchev–Trinajstić information content (AvgIpc) is 3.28. The lowest BCUT2D eigenvalue weighted by molar-refractivity contribution is -0.154. The van der Waals surface area contributed by atoms with Gasteiger partial charge in [-0.15, -0.1) is 0 Å². The number of benzene rings is 1. The Morgan fingerprint density at radius 3 is 2.54 bits per heavy atom. The number of esters is 1. The lowest BCUT2D eigenvalue weighted by Gasteiger charge is -2.20. The van der Waals surface area contributed by atoms with E-state index < -0.39 is 5.97 Å². The largest absolute Gasteiger partial charge is 0.467 e. The Balaban J connectivity index is 1.75. The molecule has 2 aromatic rings. The molecule has 0 bridgehead atoms. The maximum Gasteiger partial charge on any atom is 0.306 e. The Labute approximate surface area is 165 Å². The molecule has 3 rings (SSSR count). The first-order valence-electron chi connectivity index (χ1n) is 9.38. The van der Waals surface area contributed by atoms with Crippen LogP contribution < -0.4 is 0 Å². The molecule has 1 aliphatic rings. The fraction of sp³-hybridized carbons (Fsp3) is 0.409. The lowest BCUT2D eigenvalue weighted by atomic mass is 9.92. The van der Waals surface area contributed by atoms with E-state index in [0.29, 0.717) is 12.2 Å². The quantitative estimate of drug-likeness (QED) is 0.725. The van der Waals surface area contributed by atoms with Crippen LogP contribution in [-0.2, 0) is 14.3 Å². The van der Waals surface area contributed by atoms with Gasteiger partial charge in [0.2, 0.25) is 0 Å². The van der Waals surface area contributed by atoms with Gasteiger partial charge in [0.25, 0.3) is 5.91 Å². The zero-order valence-electron chi connectivity index (χ0n) is 16.8. The number of furan rings is 1. The number of hydrogen-bond acceptors (Lipinski definition) is 5. The number of nitrogens with zero attached hydrogens (tertiary/aromatic N) is 2. The van der Waals surface area contributed by atoms with Crippen LogP contribution >= 0.6 is 0 Å². The summed E-state index contributed by atoms with van der Waals surface area (Å²) in [4.78, 5) is 24.7. The van der Waals surface area contributed by atoms with Crippen molar-refractivity contribution < 1.29 is 18.7 Å². The first kappa shape index (κ1) is 19.9. The summed E-state index contributed by atoms with van der Waals surface area (Å²) in [5.74, 6) is -0.108. The second kappa shape index (κ2) is 8.00. The molecular formula is C22H26N2O4. The maximum atomic E-state index is 12.8. The summed E-state index contributed by atoms with van der Waals surface area (Å²) in [5.41, 5.74) is 2.72. The van der Waals surface area contributed by atoms with Crippen molar-refractivity contribution in [3.05, 3.63) is 59.5 Å². The number of hydrazone groups is 1. The first-order chi connectivity index (χ1) is 13.2. The van der Waals surface area contributed by atoms with E-state index in [9.17, 15) is 9.59 Å². The highest BCUT2D eigenvalue weighted by Crippen LogP contribution is 2.33. The van der Waals surface area contributed by atoms with Gasteiger partial charge >= 0.3 is 5.97 Å². The van der Waals surface area contributed by atoms with Crippen LogP contribution in [0.3, 0.4) is 0 Å². The number of carbonyl (C=O) groups excluding carboxylic acids is 2. The van der Waals surface area contributed by atoms with Gasteiger partial charge in [0.15, 0.2) is 6.61 Å². The summed E-state index contributed by atoms with van der Waals surface area (Å²) in [6.07, 6.45) is 2.36. The second-order valence-electron chi connectivity index (χ2n) is 8.28. The SMILES string of the molecule is Cc1ccc(C2=NN(C(=O)COC(=O)CC(C)(C)C)[C@H](c3ccco3)C2)cc1. The van der Waals surface area contributed by atoms with Crippen molar-refractivity contribution in [2.45, 2.75) is 46.6 Å². The van der Waals surface area contributed by atoms with Crippen molar-refractivity contribution in [3.63, 3.8) is 0 Å². The van der Waals surface area contributed by atoms with E-state index in [1.807, 2.05) is 58.0 Å². The van der Waals surface area contributed by atoms with E-state index >= 15 is 0 Å². The Morgan fingerprint density at radius 2 is 1.93 bits per heavy atom. The van der Waals surface area contributed by atoms with Crippen LogP contribution in [0, 0.1) is 12.3 Å². The predicted molar refractivity (Wildman–Crippen MR) is 106 cm³/mol.